The maximum Gasteiger partial charge on any atom is 0.181 e. The van der Waals surface area contributed by atoms with Crippen molar-refractivity contribution in [3.8, 4) is 17.1 Å². The summed E-state index contributed by atoms with van der Waals surface area (Å²) in [7, 11) is 0. The average molecular weight is 323 g/mol. The van der Waals surface area contributed by atoms with Crippen molar-refractivity contribution < 1.29 is 4.74 Å². The molecule has 0 spiro atoms. The molecule has 0 saturated carbocycles. The van der Waals surface area contributed by atoms with Crippen LogP contribution in [0.4, 0.5) is 0 Å². The Balaban J connectivity index is 0.00000161. The van der Waals surface area contributed by atoms with Gasteiger partial charge in [0.25, 0.3) is 0 Å². The normalized spacial score (nSPS) is 10.4. The Bertz CT molecular complexity index is 742. The second kappa shape index (κ2) is 6.32. The van der Waals surface area contributed by atoms with Crippen molar-refractivity contribution in [3.05, 3.63) is 30.2 Å². The molecule has 110 valence electrons. The summed E-state index contributed by atoms with van der Waals surface area (Å²) in [6.07, 6.45) is 3.19. The number of benzene rings is 1. The molecule has 0 fully saturated rings. The molecule has 0 unspecified atom stereocenters. The number of fused-ring (bicyclic) bond motifs is 1. The van der Waals surface area contributed by atoms with E-state index in [-0.39, 0.29) is 12.4 Å². The summed E-state index contributed by atoms with van der Waals surface area (Å²) in [4.78, 5) is 16.6. The van der Waals surface area contributed by atoms with E-state index in [0.717, 1.165) is 27.3 Å². The number of halogens is 1. The van der Waals surface area contributed by atoms with E-state index in [0.29, 0.717) is 18.1 Å². The minimum Gasteiger partial charge on any atom is -0.492 e. The number of aromatic amines is 1. The van der Waals surface area contributed by atoms with Crippen LogP contribution in [0.25, 0.3) is 22.6 Å². The molecule has 2 heterocycles. The van der Waals surface area contributed by atoms with Crippen LogP contribution in [0.5, 0.6) is 5.75 Å². The van der Waals surface area contributed by atoms with Gasteiger partial charge in [-0.1, -0.05) is 6.07 Å². The second-order valence-corrected chi connectivity index (χ2v) is 4.83. The molecule has 2 aromatic heterocycles. The van der Waals surface area contributed by atoms with Crippen molar-refractivity contribution in [1.82, 2.24) is 19.9 Å². The smallest absolute Gasteiger partial charge is 0.181 e. The van der Waals surface area contributed by atoms with Crippen LogP contribution in [0.3, 0.4) is 0 Å². The Morgan fingerprint density at radius 2 is 2.14 bits per heavy atom. The molecule has 5 nitrogen and oxygen atoms in total. The minimum absolute atomic E-state index is 0. The first-order valence-electron chi connectivity index (χ1n) is 6.32. The maximum absolute atomic E-state index is 5.73. The highest BCUT2D eigenvalue weighted by Crippen LogP contribution is 2.36. The fourth-order valence-electron chi connectivity index (χ4n) is 2.04. The van der Waals surface area contributed by atoms with E-state index in [1.165, 1.54) is 6.33 Å². The van der Waals surface area contributed by atoms with Crippen molar-refractivity contribution in [2.75, 3.05) is 6.61 Å². The number of ether oxygens (including phenoxy) is 1. The van der Waals surface area contributed by atoms with Crippen LogP contribution in [0, 0.1) is 6.92 Å². The predicted octanol–water partition coefficient (Wildman–Crippen LogP) is 3.44. The van der Waals surface area contributed by atoms with Crippen molar-refractivity contribution in [2.24, 2.45) is 0 Å². The zero-order valence-electron chi connectivity index (χ0n) is 11.6. The van der Waals surface area contributed by atoms with Gasteiger partial charge < -0.3 is 9.72 Å². The van der Waals surface area contributed by atoms with Gasteiger partial charge in [0.15, 0.2) is 5.65 Å². The van der Waals surface area contributed by atoms with Gasteiger partial charge in [0.2, 0.25) is 0 Å². The number of thiol groups is 1. The third-order valence-corrected chi connectivity index (χ3v) is 3.59. The summed E-state index contributed by atoms with van der Waals surface area (Å²) in [5.74, 6) is 1.45. The van der Waals surface area contributed by atoms with Crippen molar-refractivity contribution in [1.29, 1.82) is 0 Å². The van der Waals surface area contributed by atoms with E-state index in [2.05, 4.69) is 32.6 Å². The van der Waals surface area contributed by atoms with E-state index < -0.39 is 0 Å². The van der Waals surface area contributed by atoms with E-state index in [9.17, 15) is 0 Å². The quantitative estimate of drug-likeness (QED) is 0.725. The number of hydrogen-bond donors (Lipinski definition) is 2. The van der Waals surface area contributed by atoms with Gasteiger partial charge in [0, 0.05) is 4.90 Å². The standard InChI is InChI=1S/C14H14N4OS.ClH/c1-3-19-11-9(5-4-8(2)12(11)20)13-17-10-6-15-7-16-14(10)18-13;/h4-7,20H,3H2,1-2H3,(H,15,16,17,18);1H. The van der Waals surface area contributed by atoms with E-state index in [1.807, 2.05) is 26.0 Å². The highest BCUT2D eigenvalue weighted by atomic mass is 35.5. The van der Waals surface area contributed by atoms with Gasteiger partial charge in [-0.2, -0.15) is 0 Å². The first kappa shape index (κ1) is 15.6. The molecule has 1 aromatic carbocycles. The zero-order valence-corrected chi connectivity index (χ0v) is 13.3. The summed E-state index contributed by atoms with van der Waals surface area (Å²) < 4.78 is 5.73. The monoisotopic (exact) mass is 322 g/mol. The van der Waals surface area contributed by atoms with Crippen molar-refractivity contribution in [3.63, 3.8) is 0 Å². The Labute approximate surface area is 134 Å². The molecule has 0 aliphatic rings. The van der Waals surface area contributed by atoms with Crippen LogP contribution in [0.15, 0.2) is 29.6 Å². The number of hydrogen-bond acceptors (Lipinski definition) is 5. The van der Waals surface area contributed by atoms with Crippen LogP contribution >= 0.6 is 25.0 Å². The SMILES string of the molecule is CCOc1c(-c2nc3ncncc3[nH]2)ccc(C)c1S.Cl. The molecule has 0 bridgehead atoms. The van der Waals surface area contributed by atoms with Gasteiger partial charge in [-0.25, -0.2) is 15.0 Å². The van der Waals surface area contributed by atoms with E-state index in [1.54, 1.807) is 6.20 Å². The number of nitrogens with zero attached hydrogens (tertiary/aromatic N) is 3. The molecular weight excluding hydrogens is 308 g/mol. The fraction of sp³-hybridized carbons (Fsp3) is 0.214. The second-order valence-electron chi connectivity index (χ2n) is 4.39. The van der Waals surface area contributed by atoms with Gasteiger partial charge in [-0.3, -0.25) is 0 Å². The van der Waals surface area contributed by atoms with Crippen LogP contribution in [0.2, 0.25) is 0 Å². The highest BCUT2D eigenvalue weighted by molar-refractivity contribution is 7.80. The van der Waals surface area contributed by atoms with Gasteiger partial charge in [0.1, 0.15) is 23.4 Å². The summed E-state index contributed by atoms with van der Waals surface area (Å²) in [5, 5.41) is 0. The predicted molar refractivity (Wildman–Crippen MR) is 87.5 cm³/mol. The molecule has 1 N–H and O–H groups in total. The number of imidazole rings is 1. The molecule has 0 atom stereocenters. The maximum atomic E-state index is 5.73. The Morgan fingerprint density at radius 1 is 1.33 bits per heavy atom. The lowest BCUT2D eigenvalue weighted by Gasteiger charge is -2.12. The molecule has 7 heteroatoms. The van der Waals surface area contributed by atoms with Crippen molar-refractivity contribution in [2.45, 2.75) is 18.7 Å². The number of aryl methyl sites for hydroxylation is 1. The number of H-pyrrole nitrogens is 1. The Hall–Kier alpha value is -1.79. The molecular formula is C14H15ClN4OS. The number of aromatic nitrogens is 4. The lowest BCUT2D eigenvalue weighted by molar-refractivity contribution is 0.333. The van der Waals surface area contributed by atoms with E-state index in [4.69, 9.17) is 4.74 Å². The summed E-state index contributed by atoms with van der Waals surface area (Å²) in [6.45, 7) is 4.52. The molecule has 0 amide bonds. The number of nitrogens with one attached hydrogen (secondary N) is 1. The summed E-state index contributed by atoms with van der Waals surface area (Å²) in [5.41, 5.74) is 3.38. The molecule has 0 aliphatic heterocycles. The third-order valence-electron chi connectivity index (χ3n) is 3.04. The van der Waals surface area contributed by atoms with Crippen LogP contribution in [0.1, 0.15) is 12.5 Å². The largest absolute Gasteiger partial charge is 0.492 e. The summed E-state index contributed by atoms with van der Waals surface area (Å²) in [6, 6.07) is 3.98. The summed E-state index contributed by atoms with van der Waals surface area (Å²) >= 11 is 4.53. The Morgan fingerprint density at radius 3 is 2.86 bits per heavy atom. The van der Waals surface area contributed by atoms with Crippen LogP contribution in [-0.2, 0) is 0 Å². The molecule has 21 heavy (non-hydrogen) atoms. The highest BCUT2D eigenvalue weighted by Gasteiger charge is 2.15. The topological polar surface area (TPSA) is 63.7 Å². The van der Waals surface area contributed by atoms with Gasteiger partial charge in [0.05, 0.1) is 18.4 Å². The fourth-order valence-corrected chi connectivity index (χ4v) is 2.30. The van der Waals surface area contributed by atoms with Crippen molar-refractivity contribution >= 4 is 36.2 Å². The zero-order chi connectivity index (χ0) is 14.1. The van der Waals surface area contributed by atoms with Crippen LogP contribution < -0.4 is 4.74 Å². The van der Waals surface area contributed by atoms with Gasteiger partial charge in [-0.05, 0) is 25.5 Å². The number of rotatable bonds is 3. The molecule has 3 rings (SSSR count). The van der Waals surface area contributed by atoms with E-state index >= 15 is 0 Å². The van der Waals surface area contributed by atoms with Gasteiger partial charge in [-0.15, -0.1) is 25.0 Å². The minimum atomic E-state index is 0. The van der Waals surface area contributed by atoms with Crippen LogP contribution in [-0.4, -0.2) is 26.5 Å². The molecule has 0 radical (unpaired) electrons. The molecule has 0 aliphatic carbocycles. The Kier molecular flexibility index (Phi) is 4.69. The first-order valence-corrected chi connectivity index (χ1v) is 6.77. The lowest BCUT2D eigenvalue weighted by atomic mass is 10.1. The average Bonchev–Trinajstić information content (AvgIpc) is 2.88. The first-order chi connectivity index (χ1) is 9.70. The third kappa shape index (κ3) is 2.82. The molecule has 3 aromatic rings. The lowest BCUT2D eigenvalue weighted by Crippen LogP contribution is -1.97. The van der Waals surface area contributed by atoms with Gasteiger partial charge >= 0.3 is 0 Å². The molecule has 0 saturated heterocycles.